The van der Waals surface area contributed by atoms with Crippen LogP contribution in [0.5, 0.6) is 17.4 Å². The van der Waals surface area contributed by atoms with Crippen LogP contribution in [0.3, 0.4) is 0 Å². The van der Waals surface area contributed by atoms with E-state index in [1.54, 1.807) is 30.0 Å². The third kappa shape index (κ3) is 4.59. The predicted molar refractivity (Wildman–Crippen MR) is 137 cm³/mol. The van der Waals surface area contributed by atoms with E-state index in [1.807, 2.05) is 18.2 Å². The maximum atomic E-state index is 12.7. The largest absolute Gasteiger partial charge is 0.486 e. The van der Waals surface area contributed by atoms with Crippen molar-refractivity contribution in [1.29, 1.82) is 0 Å². The first-order valence-electron chi connectivity index (χ1n) is 11.7. The number of benzene rings is 1. The Kier molecular flexibility index (Phi) is 6.75. The second kappa shape index (κ2) is 10.1. The monoisotopic (exact) mass is 507 g/mol. The van der Waals surface area contributed by atoms with Gasteiger partial charge in [-0.3, -0.25) is 14.3 Å². The van der Waals surface area contributed by atoms with Crippen LogP contribution < -0.4 is 25.1 Å². The number of pyridine rings is 2. The van der Waals surface area contributed by atoms with Crippen molar-refractivity contribution in [3.8, 4) is 23.1 Å². The molecule has 4 heterocycles. The summed E-state index contributed by atoms with van der Waals surface area (Å²) >= 11 is 0. The highest BCUT2D eigenvalue weighted by atomic mass is 35.5. The third-order valence-electron chi connectivity index (χ3n) is 6.49. The molecule has 10 heteroatoms. The van der Waals surface area contributed by atoms with E-state index >= 15 is 0 Å². The molecule has 0 spiro atoms. The fraction of sp³-hybridized carbons (Fsp3) is 0.308. The van der Waals surface area contributed by atoms with Crippen molar-refractivity contribution < 1.29 is 14.2 Å². The maximum Gasteiger partial charge on any atom is 0.275 e. The highest BCUT2D eigenvalue weighted by Crippen LogP contribution is 2.31. The standard InChI is InChI=1S/C26H25N5O4.ClH/c1-33-24-7-5-20-26(30-24)31(25(32)15-29-20)19-11-17-3-4-18(12-21(17)28-14-19)27-13-16-2-6-22-23(10-16)35-9-8-34-22;/h2,5-7,10-11,14-15,18,27H,3-4,8-9,12-13H2,1H3;1H. The molecule has 0 fully saturated rings. The highest BCUT2D eigenvalue weighted by Gasteiger charge is 2.21. The summed E-state index contributed by atoms with van der Waals surface area (Å²) in [5, 5.41) is 3.65. The summed E-state index contributed by atoms with van der Waals surface area (Å²) in [7, 11) is 1.55. The fourth-order valence-electron chi connectivity index (χ4n) is 4.69. The van der Waals surface area contributed by atoms with E-state index in [0.29, 0.717) is 42.0 Å². The molecule has 6 rings (SSSR count). The zero-order valence-electron chi connectivity index (χ0n) is 19.8. The van der Waals surface area contributed by atoms with Crippen LogP contribution in [-0.2, 0) is 19.4 Å². The van der Waals surface area contributed by atoms with Crippen LogP contribution in [0.1, 0.15) is 23.2 Å². The summed E-state index contributed by atoms with van der Waals surface area (Å²) < 4.78 is 18.1. The van der Waals surface area contributed by atoms with E-state index in [-0.39, 0.29) is 18.0 Å². The van der Waals surface area contributed by atoms with Gasteiger partial charge in [0.15, 0.2) is 17.1 Å². The molecule has 1 aliphatic carbocycles. The molecular weight excluding hydrogens is 482 g/mol. The lowest BCUT2D eigenvalue weighted by atomic mass is 9.91. The summed E-state index contributed by atoms with van der Waals surface area (Å²) in [4.78, 5) is 26.1. The van der Waals surface area contributed by atoms with Crippen molar-refractivity contribution in [1.82, 2.24) is 24.8 Å². The normalized spacial score (nSPS) is 16.2. The Morgan fingerprint density at radius 1 is 1.08 bits per heavy atom. The molecule has 1 aliphatic heterocycles. The minimum absolute atomic E-state index is 0. The zero-order valence-corrected chi connectivity index (χ0v) is 20.6. The van der Waals surface area contributed by atoms with Gasteiger partial charge in [0.1, 0.15) is 18.7 Å². The van der Waals surface area contributed by atoms with Gasteiger partial charge in [0, 0.05) is 30.8 Å². The van der Waals surface area contributed by atoms with E-state index in [0.717, 1.165) is 54.1 Å². The summed E-state index contributed by atoms with van der Waals surface area (Å²) in [5.74, 6) is 2.04. The number of methoxy groups -OCH3 is 1. The summed E-state index contributed by atoms with van der Waals surface area (Å²) in [6, 6.07) is 12.0. The lowest BCUT2D eigenvalue weighted by Gasteiger charge is -2.26. The van der Waals surface area contributed by atoms with Crippen LogP contribution in [0.15, 0.2) is 53.6 Å². The van der Waals surface area contributed by atoms with Crippen LogP contribution in [0.25, 0.3) is 16.9 Å². The van der Waals surface area contributed by atoms with Gasteiger partial charge < -0.3 is 19.5 Å². The van der Waals surface area contributed by atoms with Gasteiger partial charge in [0.05, 0.1) is 25.2 Å². The Bertz CT molecular complexity index is 1470. The number of nitrogens with one attached hydrogen (secondary N) is 1. The molecule has 1 N–H and O–H groups in total. The Morgan fingerprint density at radius 2 is 1.94 bits per heavy atom. The molecule has 0 saturated heterocycles. The van der Waals surface area contributed by atoms with E-state index in [4.69, 9.17) is 19.2 Å². The number of aryl methyl sites for hydroxylation is 1. The molecular formula is C26H26ClN5O4. The predicted octanol–water partition coefficient (Wildman–Crippen LogP) is 3.02. The molecule has 3 aromatic heterocycles. The Balaban J connectivity index is 0.00000267. The highest BCUT2D eigenvalue weighted by molar-refractivity contribution is 5.85. The number of hydrogen-bond acceptors (Lipinski definition) is 8. The molecule has 0 radical (unpaired) electrons. The fourth-order valence-corrected chi connectivity index (χ4v) is 4.69. The van der Waals surface area contributed by atoms with Gasteiger partial charge in [-0.05, 0) is 48.2 Å². The Morgan fingerprint density at radius 3 is 2.81 bits per heavy atom. The van der Waals surface area contributed by atoms with Crippen molar-refractivity contribution in [2.24, 2.45) is 0 Å². The molecule has 186 valence electrons. The number of ether oxygens (including phenoxy) is 3. The zero-order chi connectivity index (χ0) is 23.8. The number of hydrogen-bond donors (Lipinski definition) is 1. The minimum atomic E-state index is -0.255. The first kappa shape index (κ1) is 24.0. The second-order valence-electron chi connectivity index (χ2n) is 8.73. The van der Waals surface area contributed by atoms with Crippen LogP contribution in [-0.4, -0.2) is 45.9 Å². The number of rotatable bonds is 5. The van der Waals surface area contributed by atoms with Gasteiger partial charge in [-0.15, -0.1) is 12.4 Å². The molecule has 0 amide bonds. The quantitative estimate of drug-likeness (QED) is 0.440. The third-order valence-corrected chi connectivity index (χ3v) is 6.49. The Labute approximate surface area is 213 Å². The van der Waals surface area contributed by atoms with Gasteiger partial charge in [0.2, 0.25) is 5.88 Å². The van der Waals surface area contributed by atoms with E-state index in [2.05, 4.69) is 21.4 Å². The number of fused-ring (bicyclic) bond motifs is 3. The van der Waals surface area contributed by atoms with E-state index in [1.165, 1.54) is 6.20 Å². The smallest absolute Gasteiger partial charge is 0.275 e. The number of halogens is 1. The molecule has 1 atom stereocenters. The molecule has 0 saturated carbocycles. The molecule has 1 aromatic carbocycles. The molecule has 0 bridgehead atoms. The second-order valence-corrected chi connectivity index (χ2v) is 8.73. The van der Waals surface area contributed by atoms with Gasteiger partial charge >= 0.3 is 0 Å². The molecule has 2 aliphatic rings. The summed E-state index contributed by atoms with van der Waals surface area (Å²) in [6.07, 6.45) is 5.75. The van der Waals surface area contributed by atoms with Crippen LogP contribution in [0.2, 0.25) is 0 Å². The van der Waals surface area contributed by atoms with Crippen molar-refractivity contribution in [2.75, 3.05) is 20.3 Å². The van der Waals surface area contributed by atoms with Crippen LogP contribution in [0, 0.1) is 0 Å². The van der Waals surface area contributed by atoms with Crippen LogP contribution in [0.4, 0.5) is 0 Å². The van der Waals surface area contributed by atoms with E-state index < -0.39 is 0 Å². The van der Waals surface area contributed by atoms with Gasteiger partial charge in [-0.1, -0.05) is 6.07 Å². The molecule has 4 aromatic rings. The molecule has 1 unspecified atom stereocenters. The average Bonchev–Trinajstić information content (AvgIpc) is 2.91. The lowest BCUT2D eigenvalue weighted by Crippen LogP contribution is -2.34. The molecule has 9 nitrogen and oxygen atoms in total. The van der Waals surface area contributed by atoms with Crippen molar-refractivity contribution >= 4 is 23.6 Å². The SMILES string of the molecule is COc1ccc2ncc(=O)n(-c3cnc4c(c3)CCC(NCc3ccc5c(c3)OCCO5)C4)c2n1.Cl. The first-order valence-corrected chi connectivity index (χ1v) is 11.7. The van der Waals surface area contributed by atoms with Crippen molar-refractivity contribution in [2.45, 2.75) is 31.8 Å². The molecule has 36 heavy (non-hydrogen) atoms. The van der Waals surface area contributed by atoms with Crippen molar-refractivity contribution in [3.63, 3.8) is 0 Å². The summed E-state index contributed by atoms with van der Waals surface area (Å²) in [5.41, 5.74) is 4.87. The van der Waals surface area contributed by atoms with Crippen molar-refractivity contribution in [3.05, 3.63) is 76.0 Å². The first-order chi connectivity index (χ1) is 17.2. The minimum Gasteiger partial charge on any atom is -0.486 e. The number of aromatic nitrogens is 4. The van der Waals surface area contributed by atoms with Gasteiger partial charge in [-0.25, -0.2) is 4.98 Å². The summed E-state index contributed by atoms with van der Waals surface area (Å²) in [6.45, 7) is 1.93. The van der Waals surface area contributed by atoms with Gasteiger partial charge in [-0.2, -0.15) is 4.98 Å². The van der Waals surface area contributed by atoms with Crippen LogP contribution >= 0.6 is 12.4 Å². The van der Waals surface area contributed by atoms with E-state index in [9.17, 15) is 4.79 Å². The Hall–Kier alpha value is -3.69. The number of nitrogens with zero attached hydrogens (tertiary/aromatic N) is 4. The average molecular weight is 508 g/mol. The maximum absolute atomic E-state index is 12.7. The topological polar surface area (TPSA) is 100 Å². The van der Waals surface area contributed by atoms with Gasteiger partial charge in [0.25, 0.3) is 5.56 Å². The lowest BCUT2D eigenvalue weighted by molar-refractivity contribution is 0.171.